The molecule has 0 aromatic heterocycles. The molecule has 0 saturated heterocycles. The third-order valence-corrected chi connectivity index (χ3v) is 0. The third kappa shape index (κ3) is 51.7. The molecule has 0 aromatic carbocycles. The fourth-order valence-electron chi connectivity index (χ4n) is 0. The van der Waals surface area contributed by atoms with Crippen LogP contribution in [0.25, 0.3) is 0 Å². The van der Waals surface area contributed by atoms with E-state index in [0.29, 0.717) is 0 Å². The Kier molecular flexibility index (Phi) is 5.98. The van der Waals surface area contributed by atoms with Crippen LogP contribution in [0, 0.1) is 0 Å². The summed E-state index contributed by atoms with van der Waals surface area (Å²) in [5.74, 6) is 0. The van der Waals surface area contributed by atoms with Gasteiger partial charge in [0.05, 0.1) is 0 Å². The van der Waals surface area contributed by atoms with Gasteiger partial charge in [-0.2, -0.15) is 0 Å². The molecule has 0 fully saturated rings. The van der Waals surface area contributed by atoms with Crippen LogP contribution in [0.4, 0.5) is 0 Å². The molecule has 0 heterocycles. The normalized spacial score (nSPS) is 9.83. The average Bonchev–Trinajstić information content (AvgIpc) is 0.722. The zero-order valence-corrected chi connectivity index (χ0v) is 6.26. The topological polar surface area (TPSA) is 40.5 Å². The van der Waals surface area contributed by atoms with Crippen LogP contribution in [0.15, 0.2) is 0 Å². The van der Waals surface area contributed by atoms with Gasteiger partial charge in [0, 0.05) is 17.1 Å². The van der Waals surface area contributed by atoms with Gasteiger partial charge in [0.15, 0.2) is 0 Å². The molecule has 0 radical (unpaired) electrons. The Labute approximate surface area is 56.8 Å². The molecule has 0 aromatic rings. The van der Waals surface area contributed by atoms with Crippen molar-refractivity contribution in [1.82, 2.24) is 0 Å². The maximum absolute atomic E-state index is 7.87. The zero-order chi connectivity index (χ0) is 4.50. The second-order valence-corrected chi connectivity index (χ2v) is 5.55. The van der Waals surface area contributed by atoms with E-state index in [0.717, 1.165) is 0 Å². The summed E-state index contributed by atoms with van der Waals surface area (Å²) < 4.78 is 0. The number of hydrogen-bond donors (Lipinski definition) is 3. The number of hydrogen-bond acceptors (Lipinski definition) is 1. The fraction of sp³-hybridized carbons (Fsp3) is 0. The van der Waals surface area contributed by atoms with Crippen molar-refractivity contribution in [1.29, 1.82) is 0 Å². The van der Waals surface area contributed by atoms with Crippen molar-refractivity contribution < 1.29 is 26.9 Å². The van der Waals surface area contributed by atoms with Gasteiger partial charge in [-0.25, -0.2) is 0 Å². The first-order valence-corrected chi connectivity index (χ1v) is 4.64. The van der Waals surface area contributed by atoms with E-state index in [2.05, 4.69) is 24.1 Å². The molecular weight excluding hydrogens is 183 g/mol. The molecule has 2 nitrogen and oxygen atoms in total. The van der Waals surface area contributed by atoms with Crippen molar-refractivity contribution in [3.63, 3.8) is 0 Å². The summed E-state index contributed by atoms with van der Waals surface area (Å²) >= 11 is 7.07. The predicted molar refractivity (Wildman–Crippen MR) is 27.7 cm³/mol. The molecule has 0 aliphatic carbocycles. The minimum Gasteiger partial charge on any atom is -0.338 e. The van der Waals surface area contributed by atoms with Crippen LogP contribution < -0.4 is 0 Å². The van der Waals surface area contributed by atoms with Gasteiger partial charge in [-0.15, -0.1) is 0 Å². The summed E-state index contributed by atoms with van der Waals surface area (Å²) in [7, 11) is 0. The molecule has 0 bridgehead atoms. The van der Waals surface area contributed by atoms with Gasteiger partial charge < -0.3 is 9.79 Å². The average molecular weight is 186 g/mol. The van der Waals surface area contributed by atoms with Gasteiger partial charge >= 0.3 is 0 Å². The summed E-state index contributed by atoms with van der Waals surface area (Å²) in [6, 6.07) is 0. The van der Waals surface area contributed by atoms with Crippen molar-refractivity contribution in [2.75, 3.05) is 0 Å². The molecule has 6 heavy (non-hydrogen) atoms. The maximum Gasteiger partial charge on any atom is 0.239 e. The molecule has 6 heteroatoms. The van der Waals surface area contributed by atoms with Crippen molar-refractivity contribution in [3.8, 4) is 0 Å². The van der Waals surface area contributed by atoms with Crippen LogP contribution in [-0.2, 0) is 28.9 Å². The van der Waals surface area contributed by atoms with E-state index in [1.807, 2.05) is 0 Å². The number of rotatable bonds is 0. The van der Waals surface area contributed by atoms with E-state index in [4.69, 9.17) is 9.79 Å². The molecule has 0 aliphatic rings. The molecule has 2 N–H and O–H groups in total. The Morgan fingerprint density at radius 1 is 1.50 bits per heavy atom. The van der Waals surface area contributed by atoms with E-state index in [-0.39, 0.29) is 17.1 Å². The van der Waals surface area contributed by atoms with E-state index in [1.54, 1.807) is 0 Å². The Morgan fingerprint density at radius 3 is 1.50 bits per heavy atom. The van der Waals surface area contributed by atoms with E-state index in [9.17, 15) is 0 Å². The summed E-state index contributed by atoms with van der Waals surface area (Å²) in [4.78, 5) is 15.7. The largest absolute Gasteiger partial charge is 0.338 e. The predicted octanol–water partition coefficient (Wildman–Crippen LogP) is 0.123. The maximum atomic E-state index is 7.87. The summed E-state index contributed by atoms with van der Waals surface area (Å²) in [5.41, 5.74) is -3.11. The first-order valence-electron chi connectivity index (χ1n) is 0.783. The molecule has 0 saturated carbocycles. The van der Waals surface area contributed by atoms with Crippen LogP contribution in [0.1, 0.15) is 0 Å². The van der Waals surface area contributed by atoms with Gasteiger partial charge in [0.2, 0.25) is 5.69 Å². The van der Waals surface area contributed by atoms with E-state index < -0.39 is 5.69 Å². The Hall–Kier alpha value is 1.44. The standard InChI is InChI=1S/Fe.H3O2PS2/c;1-3(2,4)5/h;(H3,1,2,4,5). The molecule has 0 unspecified atom stereocenters. The smallest absolute Gasteiger partial charge is 0.239 e. The zero-order valence-electron chi connectivity index (χ0n) is 2.55. The Morgan fingerprint density at radius 2 is 1.50 bits per heavy atom. The van der Waals surface area contributed by atoms with E-state index in [1.165, 1.54) is 0 Å². The number of thiol groups is 1. The third-order valence-electron chi connectivity index (χ3n) is 0. The van der Waals surface area contributed by atoms with Crippen LogP contribution in [-0.4, -0.2) is 9.79 Å². The molecule has 0 aliphatic heterocycles. The van der Waals surface area contributed by atoms with Crippen LogP contribution in [0.5, 0.6) is 0 Å². The molecule has 0 spiro atoms. The second-order valence-electron chi connectivity index (χ2n) is 0.513. The fourth-order valence-corrected chi connectivity index (χ4v) is 0. The minimum absolute atomic E-state index is 0. The Balaban J connectivity index is 0. The minimum atomic E-state index is -3.11. The van der Waals surface area contributed by atoms with Crippen LogP contribution in [0.3, 0.4) is 0 Å². The summed E-state index contributed by atoms with van der Waals surface area (Å²) in [6.07, 6.45) is 0. The van der Waals surface area contributed by atoms with Gasteiger partial charge in [-0.05, 0) is 11.8 Å². The quantitative estimate of drug-likeness (QED) is 0.286. The van der Waals surface area contributed by atoms with Gasteiger partial charge in [-0.3, -0.25) is 0 Å². The molecule has 0 rings (SSSR count). The van der Waals surface area contributed by atoms with Crippen LogP contribution in [0.2, 0.25) is 0 Å². The van der Waals surface area contributed by atoms with Crippen molar-refractivity contribution in [2.24, 2.45) is 0 Å². The second kappa shape index (κ2) is 3.44. The van der Waals surface area contributed by atoms with Gasteiger partial charge in [0.1, 0.15) is 0 Å². The van der Waals surface area contributed by atoms with Crippen molar-refractivity contribution in [3.05, 3.63) is 0 Å². The molecule has 0 amide bonds. The molecular formula is H3FeO2PS2. The first kappa shape index (κ1) is 10.4. The van der Waals surface area contributed by atoms with Crippen molar-refractivity contribution >= 4 is 29.7 Å². The van der Waals surface area contributed by atoms with Crippen molar-refractivity contribution in [2.45, 2.75) is 0 Å². The monoisotopic (exact) mass is 186 g/mol. The van der Waals surface area contributed by atoms with Gasteiger partial charge in [0.25, 0.3) is 0 Å². The molecule has 40 valence electrons. The van der Waals surface area contributed by atoms with Crippen LogP contribution >= 0.6 is 17.9 Å². The van der Waals surface area contributed by atoms with Gasteiger partial charge in [-0.1, -0.05) is 12.2 Å². The Bertz CT molecular complexity index is 57.7. The van der Waals surface area contributed by atoms with E-state index >= 15 is 0 Å². The summed E-state index contributed by atoms with van der Waals surface area (Å²) in [6.45, 7) is 0. The SMILES string of the molecule is OP(O)(=S)S.[Fe]. The first-order chi connectivity index (χ1) is 2.00. The summed E-state index contributed by atoms with van der Waals surface area (Å²) in [5, 5.41) is 0. The molecule has 0 atom stereocenters.